The lowest BCUT2D eigenvalue weighted by Crippen LogP contribution is -1.92. The lowest BCUT2D eigenvalue weighted by Gasteiger charge is -2.19. The smallest absolute Gasteiger partial charge is 0.144 e. The van der Waals surface area contributed by atoms with Crippen molar-refractivity contribution in [2.45, 2.75) is 0 Å². The van der Waals surface area contributed by atoms with Gasteiger partial charge in [0.05, 0.1) is 0 Å². The van der Waals surface area contributed by atoms with Crippen molar-refractivity contribution in [2.75, 3.05) is 0 Å². The fraction of sp³-hybridized carbons (Fsp3) is 0. The zero-order valence-corrected chi connectivity index (χ0v) is 25.8. The Kier molecular flexibility index (Phi) is 5.14. The van der Waals surface area contributed by atoms with E-state index in [4.69, 9.17) is 8.83 Å². The van der Waals surface area contributed by atoms with E-state index in [9.17, 15) is 0 Å². The van der Waals surface area contributed by atoms with Crippen molar-refractivity contribution in [1.82, 2.24) is 0 Å². The summed E-state index contributed by atoms with van der Waals surface area (Å²) in [5.74, 6) is 0. The molecule has 2 nitrogen and oxygen atoms in total. The van der Waals surface area contributed by atoms with Crippen LogP contribution in [0.15, 0.2) is 167 Å². The van der Waals surface area contributed by atoms with Crippen molar-refractivity contribution in [1.29, 1.82) is 0 Å². The molecule has 222 valence electrons. The van der Waals surface area contributed by atoms with Gasteiger partial charge < -0.3 is 8.83 Å². The molecule has 0 saturated heterocycles. The molecule has 0 saturated carbocycles. The Morgan fingerprint density at radius 3 is 1.54 bits per heavy atom. The molecule has 0 bridgehead atoms. The van der Waals surface area contributed by atoms with Crippen LogP contribution in [-0.4, -0.2) is 0 Å². The molecule has 0 aliphatic heterocycles. The van der Waals surface area contributed by atoms with E-state index in [-0.39, 0.29) is 0 Å². The average molecular weight is 611 g/mol. The van der Waals surface area contributed by atoms with E-state index in [0.29, 0.717) is 0 Å². The molecule has 0 radical (unpaired) electrons. The monoisotopic (exact) mass is 610 g/mol. The van der Waals surface area contributed by atoms with E-state index in [2.05, 4.69) is 152 Å². The number of hydrogen-bond donors (Lipinski definition) is 0. The molecule has 11 rings (SSSR count). The molecular weight excluding hydrogens is 585 g/mol. The molecule has 0 amide bonds. The Bertz CT molecular complexity index is 3060. The van der Waals surface area contributed by atoms with Gasteiger partial charge in [-0.15, -0.1) is 0 Å². The number of para-hydroxylation sites is 1. The van der Waals surface area contributed by atoms with Crippen molar-refractivity contribution in [2.24, 2.45) is 0 Å². The predicted molar refractivity (Wildman–Crippen MR) is 202 cm³/mol. The number of fused-ring (bicyclic) bond motifs is 11. The summed E-state index contributed by atoms with van der Waals surface area (Å²) in [5.41, 5.74) is 8.17. The Morgan fingerprint density at radius 2 is 0.833 bits per heavy atom. The van der Waals surface area contributed by atoms with Crippen molar-refractivity contribution < 1.29 is 8.83 Å². The second-order valence-corrected chi connectivity index (χ2v) is 12.8. The van der Waals surface area contributed by atoms with Gasteiger partial charge in [-0.2, -0.15) is 0 Å². The molecule has 48 heavy (non-hydrogen) atoms. The summed E-state index contributed by atoms with van der Waals surface area (Å²) in [5, 5.41) is 14.0. The molecule has 0 aliphatic carbocycles. The van der Waals surface area contributed by atoms with Crippen LogP contribution < -0.4 is 0 Å². The Labute approximate surface area is 275 Å². The second-order valence-electron chi connectivity index (χ2n) is 12.8. The van der Waals surface area contributed by atoms with E-state index in [0.717, 1.165) is 60.4 Å². The highest BCUT2D eigenvalue weighted by atomic mass is 16.3. The SMILES string of the molecule is c1ccc2cc3c(cc2c1)oc1c(-c2c4ccccc4c(-c4cccc5ccccc45)c4ccccc24)cc2oc4ccccc4c2c13. The van der Waals surface area contributed by atoms with Crippen LogP contribution in [0, 0.1) is 0 Å². The molecule has 0 aliphatic rings. The van der Waals surface area contributed by atoms with Gasteiger partial charge in [0.1, 0.15) is 22.3 Å². The van der Waals surface area contributed by atoms with Gasteiger partial charge in [0.25, 0.3) is 0 Å². The van der Waals surface area contributed by atoms with Crippen molar-refractivity contribution in [3.8, 4) is 22.3 Å². The van der Waals surface area contributed by atoms with Crippen LogP contribution in [0.4, 0.5) is 0 Å². The van der Waals surface area contributed by atoms with Gasteiger partial charge in [-0.05, 0) is 78.5 Å². The van der Waals surface area contributed by atoms with Gasteiger partial charge in [0.15, 0.2) is 0 Å². The molecule has 0 atom stereocenters. The Balaban J connectivity index is 1.35. The minimum Gasteiger partial charge on any atom is -0.456 e. The minimum atomic E-state index is 0.862. The van der Waals surface area contributed by atoms with Gasteiger partial charge in [0.2, 0.25) is 0 Å². The summed E-state index contributed by atoms with van der Waals surface area (Å²) in [7, 11) is 0. The molecule has 11 aromatic rings. The highest BCUT2D eigenvalue weighted by molar-refractivity contribution is 6.32. The normalized spacial score (nSPS) is 12.2. The highest BCUT2D eigenvalue weighted by Gasteiger charge is 2.25. The van der Waals surface area contributed by atoms with Crippen LogP contribution in [0.25, 0.3) is 109 Å². The van der Waals surface area contributed by atoms with Crippen molar-refractivity contribution in [3.63, 3.8) is 0 Å². The third-order valence-electron chi connectivity index (χ3n) is 10.2. The van der Waals surface area contributed by atoms with E-state index in [1.807, 2.05) is 6.07 Å². The van der Waals surface area contributed by atoms with Gasteiger partial charge >= 0.3 is 0 Å². The van der Waals surface area contributed by atoms with Crippen molar-refractivity contribution in [3.05, 3.63) is 158 Å². The minimum absolute atomic E-state index is 0.862. The number of hydrogen-bond acceptors (Lipinski definition) is 2. The van der Waals surface area contributed by atoms with E-state index >= 15 is 0 Å². The summed E-state index contributed by atoms with van der Waals surface area (Å²) in [4.78, 5) is 0. The molecule has 9 aromatic carbocycles. The Morgan fingerprint density at radius 1 is 0.292 bits per heavy atom. The number of benzene rings is 9. The standard InChI is InChI=1S/C46H26O2/c1-2-14-29-25-40-37(24-28(29)13-1)45-44-36-21-9-10-23-39(36)47-41(44)26-38(46(45)48-40)43-34-19-7-5-17-32(34)42(33-18-6-8-20-35(33)43)31-22-11-15-27-12-3-4-16-30(27)31/h1-26H. The predicted octanol–water partition coefficient (Wildman–Crippen LogP) is 13.4. The molecule has 0 unspecified atom stereocenters. The zero-order chi connectivity index (χ0) is 31.3. The molecule has 0 N–H and O–H groups in total. The lowest BCUT2D eigenvalue weighted by atomic mass is 9.84. The number of furan rings is 2. The summed E-state index contributed by atoms with van der Waals surface area (Å²) >= 11 is 0. The first-order valence-corrected chi connectivity index (χ1v) is 16.4. The largest absolute Gasteiger partial charge is 0.456 e. The summed E-state index contributed by atoms with van der Waals surface area (Å²) < 4.78 is 13.7. The average Bonchev–Trinajstić information content (AvgIpc) is 3.70. The summed E-state index contributed by atoms with van der Waals surface area (Å²) in [6, 6.07) is 56.5. The van der Waals surface area contributed by atoms with E-state index in [1.54, 1.807) is 0 Å². The molecule has 0 spiro atoms. The topological polar surface area (TPSA) is 26.3 Å². The Hall–Kier alpha value is -6.38. The van der Waals surface area contributed by atoms with Crippen LogP contribution in [-0.2, 0) is 0 Å². The van der Waals surface area contributed by atoms with Crippen LogP contribution in [0.2, 0.25) is 0 Å². The first kappa shape index (κ1) is 25.8. The molecule has 2 heteroatoms. The van der Waals surface area contributed by atoms with Crippen LogP contribution in [0.1, 0.15) is 0 Å². The first-order valence-electron chi connectivity index (χ1n) is 16.4. The highest BCUT2D eigenvalue weighted by Crippen LogP contribution is 2.50. The quantitative estimate of drug-likeness (QED) is 0.182. The summed E-state index contributed by atoms with van der Waals surface area (Å²) in [6.45, 7) is 0. The summed E-state index contributed by atoms with van der Waals surface area (Å²) in [6.07, 6.45) is 0. The fourth-order valence-electron chi connectivity index (χ4n) is 8.18. The van der Waals surface area contributed by atoms with Gasteiger partial charge in [-0.1, -0.05) is 133 Å². The third kappa shape index (κ3) is 3.46. The van der Waals surface area contributed by atoms with Crippen LogP contribution in [0.5, 0.6) is 0 Å². The lowest BCUT2D eigenvalue weighted by molar-refractivity contribution is 0.664. The van der Waals surface area contributed by atoms with Gasteiger partial charge in [0, 0.05) is 32.7 Å². The first-order chi connectivity index (χ1) is 23.8. The van der Waals surface area contributed by atoms with Crippen molar-refractivity contribution >= 4 is 87.0 Å². The number of rotatable bonds is 2. The van der Waals surface area contributed by atoms with Gasteiger partial charge in [-0.3, -0.25) is 0 Å². The maximum atomic E-state index is 7.00. The third-order valence-corrected chi connectivity index (χ3v) is 10.2. The second kappa shape index (κ2) is 9.57. The van der Waals surface area contributed by atoms with E-state index < -0.39 is 0 Å². The molecular formula is C46H26O2. The molecule has 0 fully saturated rings. The molecule has 2 aromatic heterocycles. The zero-order valence-electron chi connectivity index (χ0n) is 25.8. The fourth-order valence-corrected chi connectivity index (χ4v) is 8.18. The van der Waals surface area contributed by atoms with Crippen LogP contribution >= 0.6 is 0 Å². The van der Waals surface area contributed by atoms with Crippen LogP contribution in [0.3, 0.4) is 0 Å². The maximum absolute atomic E-state index is 7.00. The van der Waals surface area contributed by atoms with Gasteiger partial charge in [-0.25, -0.2) is 0 Å². The maximum Gasteiger partial charge on any atom is 0.144 e. The van der Waals surface area contributed by atoms with E-state index in [1.165, 1.54) is 48.8 Å². The molecule has 2 heterocycles.